The highest BCUT2D eigenvalue weighted by Crippen LogP contribution is 1.98. The van der Waals surface area contributed by atoms with Crippen LogP contribution in [0.4, 0.5) is 0 Å². The van der Waals surface area contributed by atoms with E-state index >= 15 is 0 Å². The third kappa shape index (κ3) is 4.22. The Morgan fingerprint density at radius 1 is 0.875 bits per heavy atom. The van der Waals surface area contributed by atoms with Crippen LogP contribution in [0, 0.1) is 27.7 Å². The molecular weight excluding hydrogens is 196 g/mol. The van der Waals surface area contributed by atoms with Crippen LogP contribution >= 0.6 is 0 Å². The van der Waals surface area contributed by atoms with Crippen LogP contribution in [-0.4, -0.2) is 9.97 Å². The second-order valence-electron chi connectivity index (χ2n) is 3.88. The monoisotopic (exact) mass is 214 g/mol. The summed E-state index contributed by atoms with van der Waals surface area (Å²) < 4.78 is 0. The van der Waals surface area contributed by atoms with E-state index in [4.69, 9.17) is 0 Å². The highest BCUT2D eigenvalue weighted by Gasteiger charge is 1.85. The van der Waals surface area contributed by atoms with Crippen LogP contribution in [0.25, 0.3) is 0 Å². The number of rotatable bonds is 0. The first-order valence-corrected chi connectivity index (χ1v) is 5.37. The predicted octanol–water partition coefficient (Wildman–Crippen LogP) is 3.40. The van der Waals surface area contributed by atoms with Gasteiger partial charge in [-0.3, -0.25) is 9.97 Å². The lowest BCUT2D eigenvalue weighted by molar-refractivity contribution is 1.15. The molecule has 16 heavy (non-hydrogen) atoms. The SMILES string of the molecule is Cc1cccnc1C.Cc1ccnc(C)c1. The van der Waals surface area contributed by atoms with Gasteiger partial charge in [0, 0.05) is 23.8 Å². The number of aromatic nitrogens is 2. The van der Waals surface area contributed by atoms with Crippen molar-refractivity contribution in [1.29, 1.82) is 0 Å². The van der Waals surface area contributed by atoms with Gasteiger partial charge >= 0.3 is 0 Å². The molecule has 0 aromatic carbocycles. The first kappa shape index (κ1) is 12.4. The summed E-state index contributed by atoms with van der Waals surface area (Å²) in [5.41, 5.74) is 4.74. The molecule has 0 N–H and O–H groups in total. The minimum Gasteiger partial charge on any atom is -0.262 e. The Balaban J connectivity index is 0.000000160. The highest BCUT2D eigenvalue weighted by atomic mass is 14.7. The third-order valence-electron chi connectivity index (χ3n) is 2.32. The summed E-state index contributed by atoms with van der Waals surface area (Å²) in [6, 6.07) is 8.05. The molecule has 0 atom stereocenters. The number of hydrogen-bond acceptors (Lipinski definition) is 2. The molecule has 2 nitrogen and oxygen atoms in total. The molecule has 0 aliphatic carbocycles. The van der Waals surface area contributed by atoms with Crippen LogP contribution in [0.15, 0.2) is 36.7 Å². The lowest BCUT2D eigenvalue weighted by Gasteiger charge is -1.92. The maximum absolute atomic E-state index is 4.08. The standard InChI is InChI=1S/2C7H9N/c1-6-3-4-8-7(2)5-6;1-6-4-3-5-8-7(6)2/h2*3-5H,1-2H3. The Morgan fingerprint density at radius 3 is 2.00 bits per heavy atom. The van der Waals surface area contributed by atoms with E-state index in [1.807, 2.05) is 38.4 Å². The summed E-state index contributed by atoms with van der Waals surface area (Å²) in [4.78, 5) is 8.12. The molecule has 0 unspecified atom stereocenters. The molecule has 84 valence electrons. The fraction of sp³-hybridized carbons (Fsp3) is 0.286. The van der Waals surface area contributed by atoms with Crippen molar-refractivity contribution in [2.75, 3.05) is 0 Å². The van der Waals surface area contributed by atoms with E-state index in [0.29, 0.717) is 0 Å². The number of aryl methyl sites for hydroxylation is 4. The quantitative estimate of drug-likeness (QED) is 0.671. The van der Waals surface area contributed by atoms with Crippen LogP contribution in [0.2, 0.25) is 0 Å². The van der Waals surface area contributed by atoms with Gasteiger partial charge in [0.05, 0.1) is 0 Å². The van der Waals surface area contributed by atoms with Crippen LogP contribution in [0.3, 0.4) is 0 Å². The lowest BCUT2D eigenvalue weighted by Crippen LogP contribution is -1.81. The number of nitrogens with zero attached hydrogens (tertiary/aromatic N) is 2. The fourth-order valence-electron chi connectivity index (χ4n) is 1.25. The van der Waals surface area contributed by atoms with E-state index in [2.05, 4.69) is 35.9 Å². The molecule has 2 rings (SSSR count). The molecule has 0 aliphatic heterocycles. The van der Waals surface area contributed by atoms with Crippen molar-refractivity contribution in [2.24, 2.45) is 0 Å². The van der Waals surface area contributed by atoms with Crippen LogP contribution in [0.1, 0.15) is 22.5 Å². The van der Waals surface area contributed by atoms with Crippen LogP contribution < -0.4 is 0 Å². The molecule has 0 fully saturated rings. The molecule has 0 bridgehead atoms. The van der Waals surface area contributed by atoms with Gasteiger partial charge in [-0.1, -0.05) is 6.07 Å². The molecule has 0 saturated carbocycles. The second-order valence-corrected chi connectivity index (χ2v) is 3.88. The van der Waals surface area contributed by atoms with Gasteiger partial charge < -0.3 is 0 Å². The Bertz CT molecular complexity index is 412. The summed E-state index contributed by atoms with van der Waals surface area (Å²) in [7, 11) is 0. The molecule has 0 radical (unpaired) electrons. The van der Waals surface area contributed by atoms with E-state index in [9.17, 15) is 0 Å². The Hall–Kier alpha value is -1.70. The van der Waals surface area contributed by atoms with E-state index in [1.165, 1.54) is 11.1 Å². The fourth-order valence-corrected chi connectivity index (χ4v) is 1.25. The molecule has 2 heteroatoms. The van der Waals surface area contributed by atoms with Crippen molar-refractivity contribution in [1.82, 2.24) is 9.97 Å². The average Bonchev–Trinajstić information content (AvgIpc) is 2.23. The minimum atomic E-state index is 1.09. The van der Waals surface area contributed by atoms with Crippen LogP contribution in [0.5, 0.6) is 0 Å². The van der Waals surface area contributed by atoms with E-state index in [-0.39, 0.29) is 0 Å². The predicted molar refractivity (Wildman–Crippen MR) is 67.4 cm³/mol. The second kappa shape index (κ2) is 6.01. The maximum atomic E-state index is 4.08. The van der Waals surface area contributed by atoms with Crippen molar-refractivity contribution in [3.8, 4) is 0 Å². The normalized spacial score (nSPS) is 9.25. The van der Waals surface area contributed by atoms with Gasteiger partial charge in [0.25, 0.3) is 0 Å². The molecule has 2 heterocycles. The molecule has 0 aliphatic rings. The van der Waals surface area contributed by atoms with Crippen molar-refractivity contribution in [2.45, 2.75) is 27.7 Å². The molecule has 2 aromatic heterocycles. The van der Waals surface area contributed by atoms with E-state index in [0.717, 1.165) is 11.4 Å². The van der Waals surface area contributed by atoms with Crippen molar-refractivity contribution >= 4 is 0 Å². The Kier molecular flexibility index (Phi) is 4.65. The van der Waals surface area contributed by atoms with E-state index < -0.39 is 0 Å². The van der Waals surface area contributed by atoms with Crippen molar-refractivity contribution < 1.29 is 0 Å². The van der Waals surface area contributed by atoms with Crippen molar-refractivity contribution in [3.05, 3.63) is 59.2 Å². The smallest absolute Gasteiger partial charge is 0.0401 e. The summed E-state index contributed by atoms with van der Waals surface area (Å²) >= 11 is 0. The molecule has 0 spiro atoms. The summed E-state index contributed by atoms with van der Waals surface area (Å²) in [5, 5.41) is 0. The Morgan fingerprint density at radius 2 is 1.62 bits per heavy atom. The van der Waals surface area contributed by atoms with Gasteiger partial charge in [-0.05, 0) is 57.0 Å². The largest absolute Gasteiger partial charge is 0.262 e. The zero-order chi connectivity index (χ0) is 12.0. The van der Waals surface area contributed by atoms with Gasteiger partial charge in [-0.15, -0.1) is 0 Å². The average molecular weight is 214 g/mol. The van der Waals surface area contributed by atoms with Gasteiger partial charge in [0.2, 0.25) is 0 Å². The minimum absolute atomic E-state index is 1.09. The summed E-state index contributed by atoms with van der Waals surface area (Å²) in [6.45, 7) is 8.12. The van der Waals surface area contributed by atoms with E-state index in [1.54, 1.807) is 0 Å². The third-order valence-corrected chi connectivity index (χ3v) is 2.32. The summed E-state index contributed by atoms with van der Waals surface area (Å²) in [6.07, 6.45) is 3.63. The number of pyridine rings is 2. The Labute approximate surface area is 97.4 Å². The lowest BCUT2D eigenvalue weighted by atomic mass is 10.2. The first-order valence-electron chi connectivity index (χ1n) is 5.37. The highest BCUT2D eigenvalue weighted by molar-refractivity contribution is 5.15. The maximum Gasteiger partial charge on any atom is 0.0401 e. The van der Waals surface area contributed by atoms with Gasteiger partial charge in [-0.25, -0.2) is 0 Å². The first-order chi connectivity index (χ1) is 7.59. The molecule has 0 saturated heterocycles. The molecule has 2 aromatic rings. The zero-order valence-electron chi connectivity index (χ0n) is 10.4. The molecule has 0 amide bonds. The number of hydrogen-bond donors (Lipinski definition) is 0. The van der Waals surface area contributed by atoms with Gasteiger partial charge in [0.1, 0.15) is 0 Å². The van der Waals surface area contributed by atoms with Gasteiger partial charge in [0.15, 0.2) is 0 Å². The van der Waals surface area contributed by atoms with Crippen LogP contribution in [-0.2, 0) is 0 Å². The topological polar surface area (TPSA) is 25.8 Å². The van der Waals surface area contributed by atoms with Gasteiger partial charge in [-0.2, -0.15) is 0 Å². The molecular formula is C14H18N2. The summed E-state index contributed by atoms with van der Waals surface area (Å²) in [5.74, 6) is 0. The zero-order valence-corrected chi connectivity index (χ0v) is 10.4. The van der Waals surface area contributed by atoms with Crippen molar-refractivity contribution in [3.63, 3.8) is 0 Å².